The SMILES string of the molecule is CC(=O)c1cccc(NC(=O)Cc2ccc(C3OC(CSc4cccc[n+]4[O-])C(c4ccccc4)C(c4ccc(CO)cc4)O3)cc2)c1. The van der Waals surface area contributed by atoms with Crippen molar-refractivity contribution in [3.05, 3.63) is 166 Å². The summed E-state index contributed by atoms with van der Waals surface area (Å²) in [4.78, 5) is 24.6. The van der Waals surface area contributed by atoms with E-state index in [2.05, 4.69) is 17.4 Å². The molecule has 1 aliphatic rings. The molecule has 4 atom stereocenters. The number of carbonyl (C=O) groups is 2. The number of carbonyl (C=O) groups excluding carboxylic acids is 2. The third kappa shape index (κ3) is 8.00. The van der Waals surface area contributed by atoms with Crippen molar-refractivity contribution in [2.24, 2.45) is 0 Å². The maximum absolute atomic E-state index is 12.8. The largest absolute Gasteiger partial charge is 0.618 e. The molecule has 0 aliphatic carbocycles. The molecule has 244 valence electrons. The highest BCUT2D eigenvalue weighted by Gasteiger charge is 2.42. The van der Waals surface area contributed by atoms with Crippen LogP contribution in [0.15, 0.2) is 133 Å². The van der Waals surface area contributed by atoms with Gasteiger partial charge < -0.3 is 25.1 Å². The van der Waals surface area contributed by atoms with Crippen molar-refractivity contribution < 1.29 is 28.9 Å². The Bertz CT molecular complexity index is 1850. The third-order valence-electron chi connectivity index (χ3n) is 8.32. The predicted octanol–water partition coefficient (Wildman–Crippen LogP) is 6.93. The van der Waals surface area contributed by atoms with Gasteiger partial charge in [0, 0.05) is 40.6 Å². The highest BCUT2D eigenvalue weighted by atomic mass is 32.2. The van der Waals surface area contributed by atoms with Crippen molar-refractivity contribution in [2.75, 3.05) is 11.1 Å². The van der Waals surface area contributed by atoms with Crippen molar-refractivity contribution in [1.29, 1.82) is 0 Å². The number of nitrogens with one attached hydrogen (secondary N) is 1. The number of hydrogen-bond acceptors (Lipinski definition) is 7. The van der Waals surface area contributed by atoms with Gasteiger partial charge in [0.25, 0.3) is 5.03 Å². The van der Waals surface area contributed by atoms with Gasteiger partial charge in [0.1, 0.15) is 0 Å². The van der Waals surface area contributed by atoms with Crippen molar-refractivity contribution in [1.82, 2.24) is 0 Å². The summed E-state index contributed by atoms with van der Waals surface area (Å²) in [5, 5.41) is 25.6. The molecule has 1 aliphatic heterocycles. The van der Waals surface area contributed by atoms with Crippen LogP contribution in [0.25, 0.3) is 0 Å². The van der Waals surface area contributed by atoms with Crippen LogP contribution in [0.4, 0.5) is 5.69 Å². The number of aliphatic hydroxyl groups is 1. The number of hydrogen-bond donors (Lipinski definition) is 2. The quantitative estimate of drug-likeness (QED) is 0.0684. The molecule has 1 aromatic heterocycles. The first-order valence-electron chi connectivity index (χ1n) is 15.7. The van der Waals surface area contributed by atoms with Crippen LogP contribution in [0.3, 0.4) is 0 Å². The lowest BCUT2D eigenvalue weighted by Crippen LogP contribution is -2.39. The van der Waals surface area contributed by atoms with Gasteiger partial charge in [-0.2, -0.15) is 4.73 Å². The second kappa shape index (κ2) is 15.4. The monoisotopic (exact) mass is 660 g/mol. The lowest BCUT2D eigenvalue weighted by atomic mass is 9.84. The predicted molar refractivity (Wildman–Crippen MR) is 184 cm³/mol. The van der Waals surface area contributed by atoms with Crippen molar-refractivity contribution in [3.63, 3.8) is 0 Å². The zero-order valence-electron chi connectivity index (χ0n) is 26.4. The van der Waals surface area contributed by atoms with E-state index < -0.39 is 12.4 Å². The van der Waals surface area contributed by atoms with Crippen LogP contribution in [0.5, 0.6) is 0 Å². The van der Waals surface area contributed by atoms with E-state index in [9.17, 15) is 19.9 Å². The Morgan fingerprint density at radius 1 is 0.812 bits per heavy atom. The van der Waals surface area contributed by atoms with Crippen molar-refractivity contribution >= 4 is 29.1 Å². The third-order valence-corrected chi connectivity index (χ3v) is 9.43. The number of ketones is 1. The van der Waals surface area contributed by atoms with Gasteiger partial charge in [-0.1, -0.05) is 103 Å². The number of rotatable bonds is 11. The summed E-state index contributed by atoms with van der Waals surface area (Å²) >= 11 is 1.44. The molecule has 48 heavy (non-hydrogen) atoms. The minimum Gasteiger partial charge on any atom is -0.618 e. The number of aromatic nitrogens is 1. The number of aliphatic hydroxyl groups excluding tert-OH is 1. The van der Waals surface area contributed by atoms with E-state index in [1.54, 1.807) is 36.4 Å². The second-order valence-corrected chi connectivity index (χ2v) is 12.7. The molecule has 6 rings (SSSR count). The van der Waals surface area contributed by atoms with Gasteiger partial charge in [0.15, 0.2) is 18.3 Å². The Morgan fingerprint density at radius 2 is 1.52 bits per heavy atom. The number of anilines is 1. The molecule has 4 unspecified atom stereocenters. The van der Waals surface area contributed by atoms with E-state index in [1.165, 1.54) is 24.9 Å². The molecule has 1 fully saturated rings. The molecule has 2 N–H and O–H groups in total. The van der Waals surface area contributed by atoms with E-state index in [4.69, 9.17) is 9.47 Å². The number of nitrogens with zero attached hydrogens (tertiary/aromatic N) is 1. The summed E-state index contributed by atoms with van der Waals surface area (Å²) in [6, 6.07) is 37.7. The first-order chi connectivity index (χ1) is 23.4. The van der Waals surface area contributed by atoms with Gasteiger partial charge in [0.05, 0.1) is 25.2 Å². The number of thioether (sulfide) groups is 1. The lowest BCUT2D eigenvalue weighted by Gasteiger charge is -2.43. The van der Waals surface area contributed by atoms with Crippen molar-refractivity contribution in [3.8, 4) is 0 Å². The summed E-state index contributed by atoms with van der Waals surface area (Å²) in [7, 11) is 0. The highest BCUT2D eigenvalue weighted by molar-refractivity contribution is 7.99. The maximum Gasteiger partial charge on any atom is 0.251 e. The van der Waals surface area contributed by atoms with Gasteiger partial charge in [0.2, 0.25) is 5.91 Å². The first kappa shape index (κ1) is 33.1. The fraction of sp³-hybridized carbons (Fsp3) is 0.205. The van der Waals surface area contributed by atoms with Crippen LogP contribution in [0, 0.1) is 5.21 Å². The number of amides is 1. The molecule has 5 aromatic rings. The minimum absolute atomic E-state index is 0.0552. The summed E-state index contributed by atoms with van der Waals surface area (Å²) in [5.74, 6) is 0.0470. The number of ether oxygens (including phenoxy) is 2. The molecule has 9 heteroatoms. The molecule has 1 amide bonds. The number of benzene rings is 4. The molecule has 8 nitrogen and oxygen atoms in total. The molecule has 0 bridgehead atoms. The summed E-state index contributed by atoms with van der Waals surface area (Å²) < 4.78 is 14.4. The van der Waals surface area contributed by atoms with Gasteiger partial charge in [-0.15, -0.1) is 0 Å². The Balaban J connectivity index is 1.26. The Kier molecular flexibility index (Phi) is 10.6. The molecular formula is C39H36N2O6S. The fourth-order valence-corrected chi connectivity index (χ4v) is 6.83. The van der Waals surface area contributed by atoms with E-state index >= 15 is 0 Å². The van der Waals surface area contributed by atoms with Crippen LogP contribution < -0.4 is 10.0 Å². The zero-order chi connectivity index (χ0) is 33.5. The molecule has 4 aromatic carbocycles. The van der Waals surface area contributed by atoms with Crippen molar-refractivity contribution in [2.45, 2.75) is 49.4 Å². The summed E-state index contributed by atoms with van der Waals surface area (Å²) in [6.07, 6.45) is 0.191. The van der Waals surface area contributed by atoms with Gasteiger partial charge in [-0.3, -0.25) is 9.59 Å². The molecule has 2 heterocycles. The van der Waals surface area contributed by atoms with E-state index in [-0.39, 0.29) is 36.7 Å². The van der Waals surface area contributed by atoms with Gasteiger partial charge >= 0.3 is 0 Å². The summed E-state index contributed by atoms with van der Waals surface area (Å²) in [6.45, 7) is 1.44. The van der Waals surface area contributed by atoms with Crippen LogP contribution in [-0.4, -0.2) is 28.7 Å². The van der Waals surface area contributed by atoms with Crippen LogP contribution in [0.2, 0.25) is 0 Å². The molecule has 0 radical (unpaired) electrons. The van der Waals surface area contributed by atoms with Gasteiger partial charge in [-0.25, -0.2) is 0 Å². The Hall–Kier alpha value is -4.80. The lowest BCUT2D eigenvalue weighted by molar-refractivity contribution is -0.645. The van der Waals surface area contributed by atoms with Crippen LogP contribution in [-0.2, 0) is 27.3 Å². The van der Waals surface area contributed by atoms with Gasteiger partial charge in [-0.05, 0) is 47.4 Å². The Morgan fingerprint density at radius 3 is 2.23 bits per heavy atom. The van der Waals surface area contributed by atoms with E-state index in [1.807, 2.05) is 72.8 Å². The van der Waals surface area contributed by atoms with E-state index in [0.29, 0.717) is 22.0 Å². The molecular weight excluding hydrogens is 625 g/mol. The Labute approximate surface area is 283 Å². The first-order valence-corrected chi connectivity index (χ1v) is 16.7. The minimum atomic E-state index is -0.717. The molecule has 0 saturated carbocycles. The highest BCUT2D eigenvalue weighted by Crippen LogP contribution is 2.47. The molecule has 1 saturated heterocycles. The van der Waals surface area contributed by atoms with Crippen LogP contribution >= 0.6 is 11.8 Å². The smallest absolute Gasteiger partial charge is 0.251 e. The topological polar surface area (TPSA) is 112 Å². The maximum atomic E-state index is 12.8. The summed E-state index contributed by atoms with van der Waals surface area (Å²) in [5.41, 5.74) is 5.52. The zero-order valence-corrected chi connectivity index (χ0v) is 27.2. The average Bonchev–Trinajstić information content (AvgIpc) is 3.11. The number of pyridine rings is 1. The normalized spacial score (nSPS) is 19.0. The van der Waals surface area contributed by atoms with Crippen LogP contribution in [0.1, 0.15) is 63.4 Å². The van der Waals surface area contributed by atoms with E-state index in [0.717, 1.165) is 32.5 Å². The number of Topliss-reactive ketones (excluding diaryl/α,β-unsaturated/α-hetero) is 1. The standard InChI is InChI=1S/C39H36N2O6S/c1-26(43)32-10-7-11-33(23-32)40-35(44)22-27-13-19-31(20-14-27)39-46-34(25-48-36-12-5-6-21-41(36)45)37(29-8-3-2-4-9-29)38(47-39)30-17-15-28(24-42)16-18-30/h2-21,23,34,37-39,42H,22,24-25H2,1H3,(H,40,44). The fourth-order valence-electron chi connectivity index (χ4n) is 5.84. The second-order valence-electron chi connectivity index (χ2n) is 11.7. The average molecular weight is 661 g/mol. The molecule has 0 spiro atoms.